The van der Waals surface area contributed by atoms with Gasteiger partial charge in [0.15, 0.2) is 5.60 Å². The van der Waals surface area contributed by atoms with Crippen molar-refractivity contribution in [2.24, 2.45) is 5.92 Å². The van der Waals surface area contributed by atoms with Crippen molar-refractivity contribution in [3.63, 3.8) is 0 Å². The van der Waals surface area contributed by atoms with E-state index in [-0.39, 0.29) is 36.9 Å². The summed E-state index contributed by atoms with van der Waals surface area (Å²) in [7, 11) is 0. The monoisotopic (exact) mass is 480 g/mol. The van der Waals surface area contributed by atoms with E-state index in [1.54, 1.807) is 0 Å². The molecule has 5 nitrogen and oxygen atoms in total. The van der Waals surface area contributed by atoms with Crippen molar-refractivity contribution < 1.29 is 24.2 Å². The first-order valence-electron chi connectivity index (χ1n) is 10.0. The second-order valence-corrected chi connectivity index (χ2v) is 6.73. The van der Waals surface area contributed by atoms with E-state index in [9.17, 15) is 14.7 Å². The number of hydrogen-bond donors (Lipinski definition) is 1. The standard InChI is InChI=1S/C20H38O5.Sn.2H/c1-5-9-13-17(18(21)24-15-11-7-3)20(23,14-10-6-2)19(22)25-16-12-8-4;;;/h17,23H,5-16H2,1-4H3;;;. The number of hydrogen-bond acceptors (Lipinski definition) is 5. The Morgan fingerprint density at radius 3 is 1.85 bits per heavy atom. The Morgan fingerprint density at radius 2 is 1.35 bits per heavy atom. The third-order valence-corrected chi connectivity index (χ3v) is 4.45. The van der Waals surface area contributed by atoms with Gasteiger partial charge in [0.25, 0.3) is 0 Å². The Morgan fingerprint density at radius 1 is 0.846 bits per heavy atom. The molecule has 0 aliphatic heterocycles. The molecular formula is C20H40O5Sn. The molecular weight excluding hydrogens is 439 g/mol. The number of rotatable bonds is 15. The molecule has 2 atom stereocenters. The minimum atomic E-state index is -1.79. The van der Waals surface area contributed by atoms with Gasteiger partial charge in [0.2, 0.25) is 0 Å². The van der Waals surface area contributed by atoms with Crippen LogP contribution in [-0.2, 0) is 19.1 Å². The van der Waals surface area contributed by atoms with Crippen molar-refractivity contribution in [2.75, 3.05) is 13.2 Å². The van der Waals surface area contributed by atoms with Gasteiger partial charge < -0.3 is 14.6 Å². The molecule has 0 aromatic carbocycles. The van der Waals surface area contributed by atoms with Crippen molar-refractivity contribution in [3.05, 3.63) is 0 Å². The summed E-state index contributed by atoms with van der Waals surface area (Å²) in [5.41, 5.74) is -1.79. The first-order valence-corrected chi connectivity index (χ1v) is 10.0. The third-order valence-electron chi connectivity index (χ3n) is 4.45. The zero-order valence-corrected chi connectivity index (χ0v) is 21.4. The van der Waals surface area contributed by atoms with E-state index in [2.05, 4.69) is 0 Å². The Bertz CT molecular complexity index is 375. The van der Waals surface area contributed by atoms with Crippen LogP contribution in [0.25, 0.3) is 0 Å². The number of aliphatic hydroxyl groups is 1. The van der Waals surface area contributed by atoms with Gasteiger partial charge in [-0.3, -0.25) is 4.79 Å². The average Bonchev–Trinajstić information content (AvgIpc) is 2.60. The number of ether oxygens (including phenoxy) is 2. The SMILES string of the molecule is CCCCOC(=O)C(CCCC)C(O)(CCCC)C(=O)OCCCC.[SnH2]. The zero-order valence-electron chi connectivity index (χ0n) is 17.3. The van der Waals surface area contributed by atoms with Gasteiger partial charge in [0, 0.05) is 0 Å². The van der Waals surface area contributed by atoms with Gasteiger partial charge in [-0.25, -0.2) is 4.79 Å². The quantitative estimate of drug-likeness (QED) is 0.221. The van der Waals surface area contributed by atoms with Crippen LogP contribution in [0.3, 0.4) is 0 Å². The summed E-state index contributed by atoms with van der Waals surface area (Å²) in [5, 5.41) is 11.1. The van der Waals surface area contributed by atoms with Crippen LogP contribution >= 0.6 is 0 Å². The summed E-state index contributed by atoms with van der Waals surface area (Å²) in [6.07, 6.45) is 7.13. The van der Waals surface area contributed by atoms with E-state index in [1.165, 1.54) is 0 Å². The molecule has 0 bridgehead atoms. The number of unbranched alkanes of at least 4 members (excludes halogenated alkanes) is 4. The summed E-state index contributed by atoms with van der Waals surface area (Å²) >= 11 is 0. The summed E-state index contributed by atoms with van der Waals surface area (Å²) in [5.74, 6) is -2.01. The summed E-state index contributed by atoms with van der Waals surface area (Å²) in [6, 6.07) is 0. The summed E-state index contributed by atoms with van der Waals surface area (Å²) in [4.78, 5) is 25.2. The van der Waals surface area contributed by atoms with Gasteiger partial charge >= 0.3 is 35.8 Å². The van der Waals surface area contributed by atoms with Gasteiger partial charge in [-0.2, -0.15) is 0 Å². The first-order chi connectivity index (χ1) is 12.0. The van der Waals surface area contributed by atoms with Gasteiger partial charge in [0.1, 0.15) is 0 Å². The van der Waals surface area contributed by atoms with Crippen LogP contribution in [0.1, 0.15) is 91.9 Å². The summed E-state index contributed by atoms with van der Waals surface area (Å²) in [6.45, 7) is 8.63. The number of carbonyl (C=O) groups is 2. The molecule has 0 spiro atoms. The van der Waals surface area contributed by atoms with Crippen LogP contribution in [0.4, 0.5) is 0 Å². The van der Waals surface area contributed by atoms with Crippen LogP contribution in [0.5, 0.6) is 0 Å². The van der Waals surface area contributed by atoms with Crippen molar-refractivity contribution in [3.8, 4) is 0 Å². The molecule has 0 aromatic rings. The molecule has 154 valence electrons. The number of esters is 2. The van der Waals surface area contributed by atoms with Gasteiger partial charge in [0.05, 0.1) is 19.1 Å². The van der Waals surface area contributed by atoms with E-state index >= 15 is 0 Å². The van der Waals surface area contributed by atoms with E-state index in [4.69, 9.17) is 9.47 Å². The normalized spacial score (nSPS) is 14.0. The van der Waals surface area contributed by atoms with Gasteiger partial charge in [-0.15, -0.1) is 0 Å². The van der Waals surface area contributed by atoms with E-state index in [0.29, 0.717) is 19.4 Å². The molecule has 0 rings (SSSR count). The third kappa shape index (κ3) is 10.1. The Kier molecular flexibility index (Phi) is 18.1. The fraction of sp³-hybridized carbons (Fsp3) is 0.900. The van der Waals surface area contributed by atoms with Gasteiger partial charge in [-0.05, 0) is 25.7 Å². The molecule has 0 heterocycles. The van der Waals surface area contributed by atoms with Crippen molar-refractivity contribution >= 4 is 35.8 Å². The Hall–Kier alpha value is -0.301. The fourth-order valence-corrected chi connectivity index (χ4v) is 2.68. The molecule has 0 saturated heterocycles. The molecule has 0 saturated carbocycles. The van der Waals surface area contributed by atoms with E-state index < -0.39 is 23.5 Å². The van der Waals surface area contributed by atoms with Crippen LogP contribution < -0.4 is 0 Å². The molecule has 0 fully saturated rings. The molecule has 2 unspecified atom stereocenters. The molecule has 0 aromatic heterocycles. The molecule has 0 aliphatic rings. The molecule has 0 amide bonds. The minimum absolute atomic E-state index is 0. The second kappa shape index (κ2) is 16.8. The van der Waals surface area contributed by atoms with Crippen LogP contribution in [0.2, 0.25) is 0 Å². The topological polar surface area (TPSA) is 72.8 Å². The molecule has 2 radical (unpaired) electrons. The molecule has 6 heteroatoms. The fourth-order valence-electron chi connectivity index (χ4n) is 2.68. The Labute approximate surface area is 176 Å². The zero-order chi connectivity index (χ0) is 19.1. The first kappa shape index (κ1) is 27.9. The summed E-state index contributed by atoms with van der Waals surface area (Å²) < 4.78 is 10.6. The maximum atomic E-state index is 12.6. The Balaban J connectivity index is 0. The van der Waals surface area contributed by atoms with Crippen molar-refractivity contribution in [1.82, 2.24) is 0 Å². The maximum absolute atomic E-state index is 12.6. The molecule has 0 aliphatic carbocycles. The molecule has 1 N–H and O–H groups in total. The van der Waals surface area contributed by atoms with Crippen LogP contribution in [0, 0.1) is 5.92 Å². The molecule has 26 heavy (non-hydrogen) atoms. The van der Waals surface area contributed by atoms with E-state index in [0.717, 1.165) is 44.9 Å². The van der Waals surface area contributed by atoms with E-state index in [1.807, 2.05) is 27.7 Å². The van der Waals surface area contributed by atoms with Crippen LogP contribution in [0.15, 0.2) is 0 Å². The second-order valence-electron chi connectivity index (χ2n) is 6.73. The van der Waals surface area contributed by atoms with Crippen molar-refractivity contribution in [1.29, 1.82) is 0 Å². The van der Waals surface area contributed by atoms with Crippen LogP contribution in [-0.4, -0.2) is 59.8 Å². The van der Waals surface area contributed by atoms with Gasteiger partial charge in [-0.1, -0.05) is 66.2 Å². The predicted octanol–water partition coefficient (Wildman–Crippen LogP) is 3.48. The number of carbonyl (C=O) groups excluding carboxylic acids is 2. The average molecular weight is 479 g/mol. The predicted molar refractivity (Wildman–Crippen MR) is 108 cm³/mol. The van der Waals surface area contributed by atoms with Crippen molar-refractivity contribution in [2.45, 2.75) is 97.5 Å².